The lowest BCUT2D eigenvalue weighted by Crippen LogP contribution is -3.00. The van der Waals surface area contributed by atoms with E-state index in [0.717, 1.165) is 12.0 Å². The van der Waals surface area contributed by atoms with Crippen LogP contribution in [0, 0.1) is 0 Å². The van der Waals surface area contributed by atoms with Gasteiger partial charge in [-0.25, -0.2) is 4.58 Å². The summed E-state index contributed by atoms with van der Waals surface area (Å²) >= 11 is 12.2. The van der Waals surface area contributed by atoms with Crippen molar-refractivity contribution in [3.63, 3.8) is 0 Å². The predicted octanol–water partition coefficient (Wildman–Crippen LogP) is -0.678. The van der Waals surface area contributed by atoms with Crippen LogP contribution in [-0.2, 0) is 0 Å². The summed E-state index contributed by atoms with van der Waals surface area (Å²) in [5.41, 5.74) is 0.971. The molecule has 0 bridgehead atoms. The van der Waals surface area contributed by atoms with E-state index in [-0.39, 0.29) is 12.4 Å². The molecule has 0 amide bonds. The minimum absolute atomic E-state index is 0. The molecule has 0 aliphatic carbocycles. The number of rotatable bonds is 3. The lowest BCUT2D eigenvalue weighted by atomic mass is 10.2. The van der Waals surface area contributed by atoms with Crippen LogP contribution in [0.2, 0.25) is 0 Å². The largest absolute Gasteiger partial charge is 1.00 e. The van der Waals surface area contributed by atoms with Gasteiger partial charge >= 0.3 is 0 Å². The van der Waals surface area contributed by atoms with Crippen LogP contribution in [0.15, 0.2) is 10.7 Å². The van der Waals surface area contributed by atoms with Gasteiger partial charge in [-0.3, -0.25) is 0 Å². The van der Waals surface area contributed by atoms with E-state index in [1.54, 1.807) is 0 Å². The second kappa shape index (κ2) is 7.38. The van der Waals surface area contributed by atoms with Gasteiger partial charge in [0.2, 0.25) is 0 Å². The first-order valence-corrected chi connectivity index (χ1v) is 4.93. The average molecular weight is 260 g/mol. The minimum atomic E-state index is 0. The van der Waals surface area contributed by atoms with E-state index in [9.17, 15) is 0 Å². The molecule has 0 N–H and O–H groups in total. The van der Waals surface area contributed by atoms with Gasteiger partial charge in [0.05, 0.1) is 5.57 Å². The van der Waals surface area contributed by atoms with E-state index in [1.165, 1.54) is 0 Å². The quantitative estimate of drug-likeness (QED) is 0.370. The van der Waals surface area contributed by atoms with Gasteiger partial charge in [0.25, 0.3) is 5.17 Å². The molecule has 0 aliphatic heterocycles. The molecule has 0 fully saturated rings. The number of nitrogens with zero attached hydrogens (tertiary/aromatic N) is 2. The van der Waals surface area contributed by atoms with Gasteiger partial charge in [-0.2, -0.15) is 0 Å². The van der Waals surface area contributed by atoms with E-state index in [4.69, 9.17) is 23.2 Å². The van der Waals surface area contributed by atoms with Crippen LogP contribution in [-0.4, -0.2) is 42.8 Å². The standard InChI is InChI=1S/C9H17Cl2N2.ClH/c1-6-7(8(10)12(2)3)9(11)13(4)5;/h6H2,1-5H3;1H/q+1;/p-1. The van der Waals surface area contributed by atoms with Gasteiger partial charge in [-0.15, -0.1) is 0 Å². The number of allylic oxidation sites excluding steroid dienone is 1. The van der Waals surface area contributed by atoms with Gasteiger partial charge in [0.1, 0.15) is 19.3 Å². The van der Waals surface area contributed by atoms with Crippen LogP contribution in [0.1, 0.15) is 13.3 Å². The Morgan fingerprint density at radius 2 is 1.64 bits per heavy atom. The maximum atomic E-state index is 6.09. The van der Waals surface area contributed by atoms with Crippen molar-refractivity contribution < 1.29 is 17.0 Å². The lowest BCUT2D eigenvalue weighted by Gasteiger charge is -2.13. The highest BCUT2D eigenvalue weighted by Crippen LogP contribution is 2.18. The van der Waals surface area contributed by atoms with Crippen molar-refractivity contribution in [1.29, 1.82) is 0 Å². The Morgan fingerprint density at radius 1 is 1.21 bits per heavy atom. The van der Waals surface area contributed by atoms with Crippen LogP contribution in [0.25, 0.3) is 0 Å². The first-order chi connectivity index (χ1) is 5.91. The highest BCUT2D eigenvalue weighted by molar-refractivity contribution is 6.68. The van der Waals surface area contributed by atoms with Gasteiger partial charge in [0, 0.05) is 14.1 Å². The summed E-state index contributed by atoms with van der Waals surface area (Å²) in [6.07, 6.45) is 0.827. The first-order valence-electron chi connectivity index (χ1n) is 4.17. The van der Waals surface area contributed by atoms with Gasteiger partial charge in [-0.1, -0.05) is 18.5 Å². The summed E-state index contributed by atoms with van der Waals surface area (Å²) in [7, 11) is 7.60. The zero-order valence-corrected chi connectivity index (χ0v) is 11.5. The maximum absolute atomic E-state index is 6.09. The van der Waals surface area contributed by atoms with Crippen molar-refractivity contribution in [2.75, 3.05) is 28.2 Å². The molecule has 0 saturated carbocycles. The molecule has 0 aromatic heterocycles. The molecule has 0 unspecified atom stereocenters. The van der Waals surface area contributed by atoms with Crippen molar-refractivity contribution in [2.45, 2.75) is 13.3 Å². The molecule has 0 rings (SSSR count). The molecule has 5 heteroatoms. The van der Waals surface area contributed by atoms with Crippen LogP contribution in [0.3, 0.4) is 0 Å². The summed E-state index contributed by atoms with van der Waals surface area (Å²) in [5, 5.41) is 1.39. The molecule has 14 heavy (non-hydrogen) atoms. The van der Waals surface area contributed by atoms with Gasteiger partial charge < -0.3 is 17.3 Å². The third-order valence-corrected chi connectivity index (χ3v) is 2.77. The highest BCUT2D eigenvalue weighted by atomic mass is 35.5. The SMILES string of the molecule is CC/C(C(Cl)=[N+](C)C)=C(/Cl)N(C)C.[Cl-]. The summed E-state index contributed by atoms with van der Waals surface area (Å²) in [4.78, 5) is 1.85. The van der Waals surface area contributed by atoms with E-state index in [1.807, 2.05) is 44.6 Å². The number of hydrogen-bond acceptors (Lipinski definition) is 1. The number of halogens is 3. The molecule has 2 nitrogen and oxygen atoms in total. The molecule has 0 aromatic carbocycles. The fraction of sp³-hybridized carbons (Fsp3) is 0.667. The Kier molecular flexibility index (Phi) is 8.70. The molecule has 0 saturated heterocycles. The fourth-order valence-corrected chi connectivity index (χ4v) is 1.41. The molecule has 0 radical (unpaired) electrons. The van der Waals surface area contributed by atoms with Crippen LogP contribution >= 0.6 is 23.2 Å². The average Bonchev–Trinajstić information content (AvgIpc) is 2.04. The lowest BCUT2D eigenvalue weighted by molar-refractivity contribution is -0.461. The van der Waals surface area contributed by atoms with Crippen LogP contribution < -0.4 is 12.4 Å². The van der Waals surface area contributed by atoms with E-state index < -0.39 is 0 Å². The van der Waals surface area contributed by atoms with Crippen molar-refractivity contribution in [1.82, 2.24) is 4.90 Å². The Bertz CT molecular complexity index is 240. The summed E-state index contributed by atoms with van der Waals surface area (Å²) in [6.45, 7) is 2.03. The molecule has 84 valence electrons. The van der Waals surface area contributed by atoms with Crippen molar-refractivity contribution >= 4 is 28.4 Å². The zero-order valence-electron chi connectivity index (χ0n) is 9.24. The normalized spacial score (nSPS) is 11.4. The third-order valence-electron chi connectivity index (χ3n) is 1.64. The second-order valence-electron chi connectivity index (χ2n) is 3.20. The highest BCUT2D eigenvalue weighted by Gasteiger charge is 2.15. The smallest absolute Gasteiger partial charge is 0.275 e. The summed E-state index contributed by atoms with van der Waals surface area (Å²) in [6, 6.07) is 0. The zero-order chi connectivity index (χ0) is 10.6. The fourth-order valence-electron chi connectivity index (χ4n) is 0.917. The Balaban J connectivity index is 0. The minimum Gasteiger partial charge on any atom is -1.00 e. The third kappa shape index (κ3) is 4.54. The molecule has 0 aromatic rings. The van der Waals surface area contributed by atoms with Crippen LogP contribution in [0.5, 0.6) is 0 Å². The molecule has 0 aliphatic rings. The molecule has 0 atom stereocenters. The maximum Gasteiger partial charge on any atom is 0.275 e. The first kappa shape index (κ1) is 16.5. The molecular weight excluding hydrogens is 242 g/mol. The van der Waals surface area contributed by atoms with Crippen molar-refractivity contribution in [3.8, 4) is 0 Å². The Hall–Kier alpha value is 0.0800. The van der Waals surface area contributed by atoms with E-state index in [2.05, 4.69) is 0 Å². The molecule has 0 spiro atoms. The second-order valence-corrected chi connectivity index (χ2v) is 3.92. The van der Waals surface area contributed by atoms with Gasteiger partial charge in [0.15, 0.2) is 0 Å². The van der Waals surface area contributed by atoms with Crippen molar-refractivity contribution in [2.24, 2.45) is 0 Å². The predicted molar refractivity (Wildman–Crippen MR) is 59.8 cm³/mol. The monoisotopic (exact) mass is 258 g/mol. The van der Waals surface area contributed by atoms with Crippen molar-refractivity contribution in [3.05, 3.63) is 10.7 Å². The number of hydrogen-bond donors (Lipinski definition) is 0. The van der Waals surface area contributed by atoms with E-state index in [0.29, 0.717) is 10.3 Å². The Labute approximate surface area is 103 Å². The van der Waals surface area contributed by atoms with E-state index >= 15 is 0 Å². The Morgan fingerprint density at radius 3 is 1.86 bits per heavy atom. The van der Waals surface area contributed by atoms with Gasteiger partial charge in [-0.05, 0) is 18.0 Å². The molecule has 0 heterocycles. The summed E-state index contributed by atoms with van der Waals surface area (Å²) in [5.74, 6) is 0. The van der Waals surface area contributed by atoms with Crippen LogP contribution in [0.4, 0.5) is 0 Å². The molecular formula is C9H17Cl3N2. The topological polar surface area (TPSA) is 6.25 Å². The summed E-state index contributed by atoms with van der Waals surface area (Å²) < 4.78 is 1.85.